The van der Waals surface area contributed by atoms with Crippen LogP contribution >= 0.6 is 0 Å². The molecule has 2 aromatic rings. The minimum atomic E-state index is 0.491. The van der Waals surface area contributed by atoms with Crippen molar-refractivity contribution in [1.29, 1.82) is 0 Å². The van der Waals surface area contributed by atoms with Crippen LogP contribution in [0.4, 0.5) is 5.69 Å². The highest BCUT2D eigenvalue weighted by atomic mass is 16.5. The van der Waals surface area contributed by atoms with E-state index in [-0.39, 0.29) is 0 Å². The number of fused-ring (bicyclic) bond motifs is 1. The molecule has 0 aromatic heterocycles. The highest BCUT2D eigenvalue weighted by Crippen LogP contribution is 2.25. The van der Waals surface area contributed by atoms with Gasteiger partial charge in [-0.05, 0) is 62.3 Å². The molecular weight excluding hydrogens is 346 g/mol. The highest BCUT2D eigenvalue weighted by Gasteiger charge is 2.14. The number of aryl methyl sites for hydroxylation is 2. The number of nitrogens with zero attached hydrogens (tertiary/aromatic N) is 2. The lowest BCUT2D eigenvalue weighted by Crippen LogP contribution is -2.10. The van der Waals surface area contributed by atoms with Gasteiger partial charge in [0.2, 0.25) is 5.90 Å². The van der Waals surface area contributed by atoms with Crippen molar-refractivity contribution in [2.24, 2.45) is 10.2 Å². The van der Waals surface area contributed by atoms with Crippen molar-refractivity contribution >= 4 is 17.3 Å². The van der Waals surface area contributed by atoms with E-state index in [4.69, 9.17) is 4.74 Å². The summed E-state index contributed by atoms with van der Waals surface area (Å²) < 4.78 is 6.00. The molecule has 0 saturated carbocycles. The van der Waals surface area contributed by atoms with Crippen LogP contribution in [0.1, 0.15) is 60.9 Å². The first kappa shape index (κ1) is 20.1. The SMILES string of the molecule is CCC(=NN=C(C)c1cccc2c1CCCC2)OCc1c(C)cccc1NC. The summed E-state index contributed by atoms with van der Waals surface area (Å²) in [5.41, 5.74) is 8.55. The molecule has 0 bridgehead atoms. The topological polar surface area (TPSA) is 46.0 Å². The van der Waals surface area contributed by atoms with Crippen LogP contribution in [0.5, 0.6) is 0 Å². The Labute approximate surface area is 168 Å². The van der Waals surface area contributed by atoms with E-state index in [0.717, 1.165) is 23.4 Å². The standard InChI is InChI=1S/C24H31N3O/c1-5-24(28-16-22-17(2)10-8-15-23(22)25-4)27-26-18(3)20-14-9-12-19-11-6-7-13-21(19)20/h8-10,12,14-15,25H,5-7,11,13,16H2,1-4H3. The van der Waals surface area contributed by atoms with E-state index < -0.39 is 0 Å². The van der Waals surface area contributed by atoms with E-state index in [1.165, 1.54) is 41.5 Å². The minimum absolute atomic E-state index is 0.491. The number of rotatable bonds is 6. The van der Waals surface area contributed by atoms with Gasteiger partial charge in [-0.25, -0.2) is 0 Å². The Kier molecular flexibility index (Phi) is 6.85. The summed E-state index contributed by atoms with van der Waals surface area (Å²) in [6, 6.07) is 12.8. The molecule has 0 heterocycles. The summed E-state index contributed by atoms with van der Waals surface area (Å²) in [7, 11) is 1.93. The second-order valence-electron chi connectivity index (χ2n) is 7.32. The minimum Gasteiger partial charge on any atom is -0.475 e. The van der Waals surface area contributed by atoms with Crippen molar-refractivity contribution in [3.8, 4) is 0 Å². The van der Waals surface area contributed by atoms with Crippen molar-refractivity contribution in [3.63, 3.8) is 0 Å². The Hall–Kier alpha value is -2.62. The number of hydrogen-bond donors (Lipinski definition) is 1. The van der Waals surface area contributed by atoms with Gasteiger partial charge in [0.1, 0.15) is 6.61 Å². The molecule has 0 amide bonds. The largest absolute Gasteiger partial charge is 0.475 e. The molecule has 1 aliphatic carbocycles. The molecule has 148 valence electrons. The van der Waals surface area contributed by atoms with Crippen LogP contribution in [0, 0.1) is 6.92 Å². The molecule has 4 heteroatoms. The summed E-state index contributed by atoms with van der Waals surface area (Å²) in [5.74, 6) is 0.662. The second kappa shape index (κ2) is 9.54. The third-order valence-electron chi connectivity index (χ3n) is 5.46. The zero-order valence-electron chi connectivity index (χ0n) is 17.5. The van der Waals surface area contributed by atoms with Gasteiger partial charge in [-0.3, -0.25) is 0 Å². The molecule has 28 heavy (non-hydrogen) atoms. The predicted molar refractivity (Wildman–Crippen MR) is 119 cm³/mol. The van der Waals surface area contributed by atoms with Gasteiger partial charge in [0.15, 0.2) is 0 Å². The second-order valence-corrected chi connectivity index (χ2v) is 7.32. The van der Waals surface area contributed by atoms with Crippen LogP contribution in [-0.4, -0.2) is 18.7 Å². The molecule has 0 saturated heterocycles. The van der Waals surface area contributed by atoms with Gasteiger partial charge >= 0.3 is 0 Å². The molecule has 0 radical (unpaired) electrons. The van der Waals surface area contributed by atoms with E-state index in [1.807, 2.05) is 27.0 Å². The van der Waals surface area contributed by atoms with Crippen LogP contribution in [0.15, 0.2) is 46.6 Å². The summed E-state index contributed by atoms with van der Waals surface area (Å²) in [6.07, 6.45) is 5.57. The number of anilines is 1. The van der Waals surface area contributed by atoms with Crippen molar-refractivity contribution < 1.29 is 4.74 Å². The summed E-state index contributed by atoms with van der Waals surface area (Å²) in [4.78, 5) is 0. The van der Waals surface area contributed by atoms with Crippen LogP contribution < -0.4 is 5.32 Å². The van der Waals surface area contributed by atoms with Gasteiger partial charge in [0, 0.05) is 30.3 Å². The lowest BCUT2D eigenvalue weighted by molar-refractivity contribution is 0.283. The summed E-state index contributed by atoms with van der Waals surface area (Å²) in [5, 5.41) is 12.2. The quantitative estimate of drug-likeness (QED) is 0.401. The Bertz CT molecular complexity index is 883. The third-order valence-corrected chi connectivity index (χ3v) is 5.46. The van der Waals surface area contributed by atoms with Crippen LogP contribution in [-0.2, 0) is 24.2 Å². The first-order chi connectivity index (χ1) is 13.6. The maximum atomic E-state index is 6.00. The molecule has 0 atom stereocenters. The monoisotopic (exact) mass is 377 g/mol. The molecular formula is C24H31N3O. The molecule has 4 nitrogen and oxygen atoms in total. The zero-order chi connectivity index (χ0) is 19.9. The number of ether oxygens (including phenoxy) is 1. The average Bonchev–Trinajstić information content (AvgIpc) is 2.73. The van der Waals surface area contributed by atoms with Gasteiger partial charge in [-0.15, -0.1) is 5.10 Å². The van der Waals surface area contributed by atoms with E-state index in [0.29, 0.717) is 18.9 Å². The van der Waals surface area contributed by atoms with Crippen molar-refractivity contribution in [1.82, 2.24) is 0 Å². The average molecular weight is 378 g/mol. The Morgan fingerprint density at radius 1 is 1.07 bits per heavy atom. The summed E-state index contributed by atoms with van der Waals surface area (Å²) >= 11 is 0. The third kappa shape index (κ3) is 4.61. The van der Waals surface area contributed by atoms with Crippen molar-refractivity contribution in [2.45, 2.75) is 59.5 Å². The number of hydrogen-bond acceptors (Lipinski definition) is 4. The predicted octanol–water partition coefficient (Wildman–Crippen LogP) is 5.66. The van der Waals surface area contributed by atoms with Crippen molar-refractivity contribution in [2.75, 3.05) is 12.4 Å². The lowest BCUT2D eigenvalue weighted by atomic mass is 9.87. The molecule has 3 rings (SSSR count). The molecule has 1 N–H and O–H groups in total. The van der Waals surface area contributed by atoms with Gasteiger partial charge in [-0.2, -0.15) is 5.10 Å². The molecule has 0 unspecified atom stereocenters. The van der Waals surface area contributed by atoms with Gasteiger partial charge in [-0.1, -0.05) is 37.3 Å². The highest BCUT2D eigenvalue weighted by molar-refractivity contribution is 6.00. The zero-order valence-corrected chi connectivity index (χ0v) is 17.5. The van der Waals surface area contributed by atoms with Gasteiger partial charge in [0.05, 0.1) is 5.71 Å². The molecule has 0 spiro atoms. The number of nitrogens with one attached hydrogen (secondary N) is 1. The fraction of sp³-hybridized carbons (Fsp3) is 0.417. The lowest BCUT2D eigenvalue weighted by Gasteiger charge is -2.18. The Morgan fingerprint density at radius 3 is 2.64 bits per heavy atom. The van der Waals surface area contributed by atoms with Gasteiger partial charge < -0.3 is 10.1 Å². The van der Waals surface area contributed by atoms with Crippen LogP contribution in [0.2, 0.25) is 0 Å². The Balaban J connectivity index is 1.76. The van der Waals surface area contributed by atoms with E-state index >= 15 is 0 Å². The Morgan fingerprint density at radius 2 is 1.86 bits per heavy atom. The fourth-order valence-electron chi connectivity index (χ4n) is 3.79. The molecule has 0 aliphatic heterocycles. The van der Waals surface area contributed by atoms with E-state index in [2.05, 4.69) is 52.8 Å². The smallest absolute Gasteiger partial charge is 0.208 e. The maximum absolute atomic E-state index is 6.00. The van der Waals surface area contributed by atoms with E-state index in [1.54, 1.807) is 0 Å². The van der Waals surface area contributed by atoms with E-state index in [9.17, 15) is 0 Å². The maximum Gasteiger partial charge on any atom is 0.208 e. The van der Waals surface area contributed by atoms with Crippen LogP contribution in [0.25, 0.3) is 0 Å². The van der Waals surface area contributed by atoms with Gasteiger partial charge in [0.25, 0.3) is 0 Å². The normalized spacial score (nSPS) is 14.6. The molecule has 1 aliphatic rings. The molecule has 0 fully saturated rings. The summed E-state index contributed by atoms with van der Waals surface area (Å²) in [6.45, 7) is 6.68. The first-order valence-corrected chi connectivity index (χ1v) is 10.2. The number of benzene rings is 2. The molecule has 2 aromatic carbocycles. The van der Waals surface area contributed by atoms with Crippen molar-refractivity contribution in [3.05, 3.63) is 64.2 Å². The first-order valence-electron chi connectivity index (χ1n) is 10.2. The van der Waals surface area contributed by atoms with Crippen LogP contribution in [0.3, 0.4) is 0 Å². The fourth-order valence-corrected chi connectivity index (χ4v) is 3.79.